The van der Waals surface area contributed by atoms with Gasteiger partial charge in [-0.25, -0.2) is 0 Å². The van der Waals surface area contributed by atoms with Crippen molar-refractivity contribution in [1.82, 2.24) is 0 Å². The van der Waals surface area contributed by atoms with Crippen molar-refractivity contribution in [3.63, 3.8) is 0 Å². The number of fused-ring (bicyclic) bond motifs is 2. The van der Waals surface area contributed by atoms with Gasteiger partial charge in [0.2, 0.25) is 0 Å². The maximum Gasteiger partial charge on any atom is 0.177 e. The highest BCUT2D eigenvalue weighted by molar-refractivity contribution is 6.52. The maximum atomic E-state index is 6.95. The van der Waals surface area contributed by atoms with Crippen LogP contribution in [0.3, 0.4) is 0 Å². The van der Waals surface area contributed by atoms with E-state index in [0.29, 0.717) is 0 Å². The van der Waals surface area contributed by atoms with E-state index in [2.05, 4.69) is 18.2 Å². The number of para-hydroxylation sites is 2. The van der Waals surface area contributed by atoms with E-state index in [1.165, 1.54) is 5.56 Å². The second-order valence-corrected chi connectivity index (χ2v) is 8.45. The zero-order valence-electron chi connectivity index (χ0n) is 14.7. The quantitative estimate of drug-likeness (QED) is 0.511. The van der Waals surface area contributed by atoms with Crippen LogP contribution >= 0.6 is 23.2 Å². The molecule has 0 spiro atoms. The number of alkyl halides is 2. The molecule has 3 aromatic rings. The Morgan fingerprint density at radius 1 is 0.852 bits per heavy atom. The Labute approximate surface area is 168 Å². The fraction of sp³-hybridized carbons (Fsp3) is 0.217. The molecule has 2 nitrogen and oxygen atoms in total. The van der Waals surface area contributed by atoms with E-state index >= 15 is 0 Å². The molecule has 3 atom stereocenters. The van der Waals surface area contributed by atoms with Gasteiger partial charge < -0.3 is 9.47 Å². The molecule has 0 bridgehead atoms. The van der Waals surface area contributed by atoms with Crippen molar-refractivity contribution >= 4 is 23.2 Å². The van der Waals surface area contributed by atoms with Gasteiger partial charge in [-0.1, -0.05) is 89.9 Å². The average Bonchev–Trinajstić information content (AvgIpc) is 3.22. The van der Waals surface area contributed by atoms with E-state index in [1.54, 1.807) is 7.11 Å². The third-order valence-corrected chi connectivity index (χ3v) is 6.80. The number of benzene rings is 3. The third kappa shape index (κ3) is 2.20. The standard InChI is InChI=1S/C23H18Cl2O2/c1-26-19-14-8-6-12-17(19)22-21(23(22,24)25)20(15-9-3-2-4-10-15)16-11-5-7-13-18(16)27-22/h2-14,20-21H,1H3. The Kier molecular flexibility index (Phi) is 3.72. The molecule has 1 aliphatic carbocycles. The van der Waals surface area contributed by atoms with Gasteiger partial charge >= 0.3 is 0 Å². The largest absolute Gasteiger partial charge is 0.496 e. The van der Waals surface area contributed by atoms with Gasteiger partial charge in [-0.2, -0.15) is 0 Å². The first-order valence-electron chi connectivity index (χ1n) is 8.95. The molecule has 3 aromatic carbocycles. The number of halogens is 2. The molecule has 1 fully saturated rings. The van der Waals surface area contributed by atoms with Gasteiger partial charge in [0, 0.05) is 17.0 Å². The lowest BCUT2D eigenvalue weighted by molar-refractivity contribution is 0.134. The summed E-state index contributed by atoms with van der Waals surface area (Å²) in [5.41, 5.74) is 2.33. The highest BCUT2D eigenvalue weighted by Gasteiger charge is 2.84. The zero-order chi connectivity index (χ0) is 18.6. The van der Waals surface area contributed by atoms with Crippen LogP contribution in [0.2, 0.25) is 0 Å². The Balaban J connectivity index is 1.76. The fourth-order valence-corrected chi connectivity index (χ4v) is 5.52. The Morgan fingerprint density at radius 3 is 2.30 bits per heavy atom. The molecule has 136 valence electrons. The number of rotatable bonds is 3. The molecule has 0 radical (unpaired) electrons. The first kappa shape index (κ1) is 17.0. The Hall–Kier alpha value is -2.16. The molecular formula is C23H18Cl2O2. The van der Waals surface area contributed by atoms with Gasteiger partial charge in [0.05, 0.1) is 13.0 Å². The van der Waals surface area contributed by atoms with Crippen molar-refractivity contribution in [3.8, 4) is 11.5 Å². The average molecular weight is 397 g/mol. The SMILES string of the molecule is COc1ccccc1C12Oc3ccccc3C(c3ccccc3)C1C2(Cl)Cl. The first-order valence-corrected chi connectivity index (χ1v) is 9.71. The van der Waals surface area contributed by atoms with E-state index in [0.717, 1.165) is 22.6 Å². The smallest absolute Gasteiger partial charge is 0.177 e. The summed E-state index contributed by atoms with van der Waals surface area (Å²) in [5.74, 6) is 1.46. The number of ether oxygens (including phenoxy) is 2. The second-order valence-electron chi connectivity index (χ2n) is 7.06. The van der Waals surface area contributed by atoms with Gasteiger partial charge in [-0.15, -0.1) is 0 Å². The lowest BCUT2D eigenvalue weighted by Crippen LogP contribution is -2.29. The summed E-state index contributed by atoms with van der Waals surface area (Å²) in [7, 11) is 1.66. The van der Waals surface area contributed by atoms with Crippen molar-refractivity contribution in [1.29, 1.82) is 0 Å². The number of hydrogen-bond acceptors (Lipinski definition) is 2. The molecule has 1 aliphatic heterocycles. The molecule has 4 heteroatoms. The van der Waals surface area contributed by atoms with Crippen LogP contribution < -0.4 is 9.47 Å². The topological polar surface area (TPSA) is 18.5 Å². The van der Waals surface area contributed by atoms with Crippen LogP contribution in [0.1, 0.15) is 22.6 Å². The lowest BCUT2D eigenvalue weighted by Gasteiger charge is -2.32. The van der Waals surface area contributed by atoms with E-state index < -0.39 is 9.93 Å². The summed E-state index contributed by atoms with van der Waals surface area (Å²) >= 11 is 13.9. The molecule has 1 saturated carbocycles. The molecule has 27 heavy (non-hydrogen) atoms. The summed E-state index contributed by atoms with van der Waals surface area (Å²) in [6.07, 6.45) is 0. The summed E-state index contributed by atoms with van der Waals surface area (Å²) in [5, 5.41) is 0. The summed E-state index contributed by atoms with van der Waals surface area (Å²) in [6, 6.07) is 26.3. The van der Waals surface area contributed by atoms with Crippen LogP contribution in [-0.4, -0.2) is 11.4 Å². The summed E-state index contributed by atoms with van der Waals surface area (Å²) in [6.45, 7) is 0. The molecule has 0 N–H and O–H groups in total. The van der Waals surface area contributed by atoms with Crippen molar-refractivity contribution < 1.29 is 9.47 Å². The van der Waals surface area contributed by atoms with Crippen molar-refractivity contribution in [2.45, 2.75) is 15.9 Å². The minimum Gasteiger partial charge on any atom is -0.496 e. The predicted molar refractivity (Wildman–Crippen MR) is 108 cm³/mol. The molecule has 2 aliphatic rings. The van der Waals surface area contributed by atoms with E-state index in [-0.39, 0.29) is 11.8 Å². The van der Waals surface area contributed by atoms with Crippen LogP contribution in [0, 0.1) is 5.92 Å². The normalized spacial score (nSPS) is 27.1. The lowest BCUT2D eigenvalue weighted by atomic mass is 9.82. The van der Waals surface area contributed by atoms with E-state index in [1.807, 2.05) is 60.7 Å². The minimum atomic E-state index is -1.07. The monoisotopic (exact) mass is 396 g/mol. The van der Waals surface area contributed by atoms with Crippen LogP contribution in [0.4, 0.5) is 0 Å². The third-order valence-electron chi connectivity index (χ3n) is 5.76. The Bertz CT molecular complexity index is 1000. The summed E-state index contributed by atoms with van der Waals surface area (Å²) in [4.78, 5) is 0. The van der Waals surface area contributed by atoms with Crippen molar-refractivity contribution in [2.75, 3.05) is 7.11 Å². The molecule has 0 saturated heterocycles. The van der Waals surface area contributed by atoms with E-state index in [4.69, 9.17) is 32.7 Å². The van der Waals surface area contributed by atoms with Crippen LogP contribution in [0.15, 0.2) is 78.9 Å². The molecule has 5 rings (SSSR count). The van der Waals surface area contributed by atoms with Gasteiger partial charge in [0.15, 0.2) is 9.93 Å². The van der Waals surface area contributed by atoms with Gasteiger partial charge in [0.25, 0.3) is 0 Å². The fourth-order valence-electron chi connectivity index (χ4n) is 4.55. The number of hydrogen-bond donors (Lipinski definition) is 0. The van der Waals surface area contributed by atoms with E-state index in [9.17, 15) is 0 Å². The molecular weight excluding hydrogens is 379 g/mol. The van der Waals surface area contributed by atoms with Crippen LogP contribution in [0.5, 0.6) is 11.5 Å². The van der Waals surface area contributed by atoms with Gasteiger partial charge in [0.1, 0.15) is 11.5 Å². The van der Waals surface area contributed by atoms with Crippen molar-refractivity contribution in [3.05, 3.63) is 95.6 Å². The van der Waals surface area contributed by atoms with Crippen molar-refractivity contribution in [2.24, 2.45) is 5.92 Å². The molecule has 1 heterocycles. The second kappa shape index (κ2) is 5.92. The predicted octanol–water partition coefficient (Wildman–Crippen LogP) is 5.92. The maximum absolute atomic E-state index is 6.95. The number of methoxy groups -OCH3 is 1. The zero-order valence-corrected chi connectivity index (χ0v) is 16.2. The minimum absolute atomic E-state index is 0.0380. The summed E-state index contributed by atoms with van der Waals surface area (Å²) < 4.78 is 11.1. The molecule has 0 aromatic heterocycles. The highest BCUT2D eigenvalue weighted by Crippen LogP contribution is 2.78. The van der Waals surface area contributed by atoms with Crippen LogP contribution in [-0.2, 0) is 5.60 Å². The molecule has 3 unspecified atom stereocenters. The van der Waals surface area contributed by atoms with Crippen LogP contribution in [0.25, 0.3) is 0 Å². The first-order chi connectivity index (χ1) is 13.1. The Morgan fingerprint density at radius 2 is 1.52 bits per heavy atom. The van der Waals surface area contributed by atoms with Gasteiger partial charge in [-0.3, -0.25) is 0 Å². The van der Waals surface area contributed by atoms with Gasteiger partial charge in [-0.05, 0) is 17.7 Å². The molecule has 0 amide bonds. The highest BCUT2D eigenvalue weighted by atomic mass is 35.5.